The topological polar surface area (TPSA) is 50.4 Å². The molecular formula is C10H7ClO3. The molecule has 0 saturated carbocycles. The van der Waals surface area contributed by atoms with Crippen molar-refractivity contribution in [1.29, 1.82) is 0 Å². The monoisotopic (exact) mass is 210 g/mol. The normalized spacial score (nSPS) is 10.7. The van der Waals surface area contributed by atoms with E-state index in [4.69, 9.17) is 21.1 Å². The lowest BCUT2D eigenvalue weighted by atomic mass is 10.1. The fraction of sp³-hybridized carbons (Fsp3) is 0.100. The molecule has 0 aliphatic carbocycles. The molecule has 0 saturated heterocycles. The molecule has 3 nitrogen and oxygen atoms in total. The second kappa shape index (κ2) is 3.03. The Hall–Kier alpha value is -1.48. The van der Waals surface area contributed by atoms with Crippen LogP contribution in [0.3, 0.4) is 0 Å². The largest absolute Gasteiger partial charge is 0.478 e. The molecule has 0 spiro atoms. The highest BCUT2D eigenvalue weighted by atomic mass is 35.5. The molecule has 0 bridgehead atoms. The summed E-state index contributed by atoms with van der Waals surface area (Å²) in [7, 11) is 0. The first kappa shape index (κ1) is 9.09. The Labute approximate surface area is 84.9 Å². The van der Waals surface area contributed by atoms with E-state index in [1.165, 1.54) is 6.07 Å². The highest BCUT2D eigenvalue weighted by molar-refractivity contribution is 6.31. The second-order valence-electron chi connectivity index (χ2n) is 3.03. The molecule has 2 aromatic rings. The van der Waals surface area contributed by atoms with Crippen molar-refractivity contribution in [2.45, 2.75) is 6.92 Å². The van der Waals surface area contributed by atoms with Crippen LogP contribution in [0.15, 0.2) is 22.6 Å². The highest BCUT2D eigenvalue weighted by Gasteiger charge is 2.12. The lowest BCUT2D eigenvalue weighted by molar-refractivity contribution is 0.0699. The lowest BCUT2D eigenvalue weighted by Gasteiger charge is -1.96. The molecule has 0 amide bonds. The SMILES string of the molecule is Cc1cc2c(C(=O)O)cc(Cl)cc2o1. The Bertz CT molecular complexity index is 513. The van der Waals surface area contributed by atoms with Crippen LogP contribution in [0.1, 0.15) is 16.1 Å². The van der Waals surface area contributed by atoms with Crippen LogP contribution in [0.5, 0.6) is 0 Å². The fourth-order valence-electron chi connectivity index (χ4n) is 1.41. The van der Waals surface area contributed by atoms with Crippen molar-refractivity contribution in [2.24, 2.45) is 0 Å². The van der Waals surface area contributed by atoms with Crippen molar-refractivity contribution >= 4 is 28.5 Å². The van der Waals surface area contributed by atoms with Crippen molar-refractivity contribution in [3.8, 4) is 0 Å². The smallest absolute Gasteiger partial charge is 0.336 e. The number of carbonyl (C=O) groups is 1. The van der Waals surface area contributed by atoms with Crippen molar-refractivity contribution in [2.75, 3.05) is 0 Å². The van der Waals surface area contributed by atoms with Gasteiger partial charge in [0.05, 0.1) is 5.56 Å². The Morgan fingerprint density at radius 2 is 2.14 bits per heavy atom. The van der Waals surface area contributed by atoms with Gasteiger partial charge in [0, 0.05) is 16.5 Å². The number of carboxylic acid groups (broad SMARTS) is 1. The van der Waals surface area contributed by atoms with E-state index < -0.39 is 5.97 Å². The van der Waals surface area contributed by atoms with Crippen molar-refractivity contribution in [3.05, 3.63) is 34.5 Å². The van der Waals surface area contributed by atoms with Crippen molar-refractivity contribution in [1.82, 2.24) is 0 Å². The summed E-state index contributed by atoms with van der Waals surface area (Å²) in [6, 6.07) is 4.71. The second-order valence-corrected chi connectivity index (χ2v) is 3.46. The number of carboxylic acids is 1. The van der Waals surface area contributed by atoms with Gasteiger partial charge in [-0.15, -0.1) is 0 Å². The van der Waals surface area contributed by atoms with E-state index in [-0.39, 0.29) is 5.56 Å². The number of aromatic carboxylic acids is 1. The molecule has 1 aromatic carbocycles. The Morgan fingerprint density at radius 3 is 2.79 bits per heavy atom. The van der Waals surface area contributed by atoms with Gasteiger partial charge in [-0.05, 0) is 19.1 Å². The van der Waals surface area contributed by atoms with Crippen LogP contribution < -0.4 is 0 Å². The summed E-state index contributed by atoms with van der Waals surface area (Å²) in [5, 5.41) is 9.86. The molecule has 1 aromatic heterocycles. The molecule has 0 aliphatic rings. The van der Waals surface area contributed by atoms with E-state index in [1.807, 2.05) is 0 Å². The predicted molar refractivity (Wildman–Crippen MR) is 52.9 cm³/mol. The maximum Gasteiger partial charge on any atom is 0.336 e. The van der Waals surface area contributed by atoms with E-state index in [9.17, 15) is 4.79 Å². The van der Waals surface area contributed by atoms with Crippen LogP contribution in [0.25, 0.3) is 11.0 Å². The molecule has 0 atom stereocenters. The Kier molecular flexibility index (Phi) is 1.97. The number of hydrogen-bond donors (Lipinski definition) is 1. The third-order valence-corrected chi connectivity index (χ3v) is 2.17. The summed E-state index contributed by atoms with van der Waals surface area (Å²) in [6.07, 6.45) is 0. The molecule has 0 aliphatic heterocycles. The molecule has 14 heavy (non-hydrogen) atoms. The zero-order valence-electron chi connectivity index (χ0n) is 7.37. The highest BCUT2D eigenvalue weighted by Crippen LogP contribution is 2.26. The number of hydrogen-bond acceptors (Lipinski definition) is 2. The van der Waals surface area contributed by atoms with Crippen LogP contribution in [0, 0.1) is 6.92 Å². The summed E-state index contributed by atoms with van der Waals surface area (Å²) in [4.78, 5) is 10.9. The number of halogens is 1. The third-order valence-electron chi connectivity index (χ3n) is 1.96. The van der Waals surface area contributed by atoms with Gasteiger partial charge < -0.3 is 9.52 Å². The van der Waals surface area contributed by atoms with Gasteiger partial charge in [-0.2, -0.15) is 0 Å². The van der Waals surface area contributed by atoms with Gasteiger partial charge in [-0.25, -0.2) is 4.79 Å². The van der Waals surface area contributed by atoms with Gasteiger partial charge in [0.1, 0.15) is 11.3 Å². The molecule has 0 radical (unpaired) electrons. The minimum Gasteiger partial charge on any atom is -0.478 e. The van der Waals surface area contributed by atoms with Gasteiger partial charge in [-0.3, -0.25) is 0 Å². The molecular weight excluding hydrogens is 204 g/mol. The first-order valence-electron chi connectivity index (χ1n) is 4.01. The average molecular weight is 211 g/mol. The van der Waals surface area contributed by atoms with E-state index in [1.54, 1.807) is 19.1 Å². The van der Waals surface area contributed by atoms with Crippen LogP contribution in [0.2, 0.25) is 5.02 Å². The van der Waals surface area contributed by atoms with Crippen LogP contribution in [0.4, 0.5) is 0 Å². The fourth-order valence-corrected chi connectivity index (χ4v) is 1.62. The number of fused-ring (bicyclic) bond motifs is 1. The molecule has 72 valence electrons. The van der Waals surface area contributed by atoms with Gasteiger partial charge in [0.2, 0.25) is 0 Å². The van der Waals surface area contributed by atoms with Crippen LogP contribution >= 0.6 is 11.6 Å². The van der Waals surface area contributed by atoms with Gasteiger partial charge >= 0.3 is 5.97 Å². The Morgan fingerprint density at radius 1 is 1.43 bits per heavy atom. The molecule has 1 heterocycles. The molecule has 2 rings (SSSR count). The summed E-state index contributed by atoms with van der Waals surface area (Å²) in [5.74, 6) is -0.330. The molecule has 0 fully saturated rings. The van der Waals surface area contributed by atoms with Crippen LogP contribution in [-0.2, 0) is 0 Å². The van der Waals surface area contributed by atoms with E-state index in [0.29, 0.717) is 21.8 Å². The standard InChI is InChI=1S/C10H7ClO3/c1-5-2-7-8(10(12)13)3-6(11)4-9(7)14-5/h2-4H,1H3,(H,12,13). The predicted octanol–water partition coefficient (Wildman–Crippen LogP) is 3.09. The molecule has 0 unspecified atom stereocenters. The van der Waals surface area contributed by atoms with E-state index in [2.05, 4.69) is 0 Å². The van der Waals surface area contributed by atoms with Crippen molar-refractivity contribution in [3.63, 3.8) is 0 Å². The van der Waals surface area contributed by atoms with E-state index in [0.717, 1.165) is 0 Å². The number of furan rings is 1. The first-order chi connectivity index (χ1) is 6.58. The minimum absolute atomic E-state index is 0.171. The van der Waals surface area contributed by atoms with Gasteiger partial charge in [0.15, 0.2) is 0 Å². The zero-order chi connectivity index (χ0) is 10.3. The Balaban J connectivity index is 2.85. The summed E-state index contributed by atoms with van der Waals surface area (Å²) in [5.41, 5.74) is 0.678. The minimum atomic E-state index is -1.00. The summed E-state index contributed by atoms with van der Waals surface area (Å²) < 4.78 is 5.29. The summed E-state index contributed by atoms with van der Waals surface area (Å²) >= 11 is 5.75. The lowest BCUT2D eigenvalue weighted by Crippen LogP contribution is -1.96. The number of aryl methyl sites for hydroxylation is 1. The summed E-state index contributed by atoms with van der Waals surface area (Å²) in [6.45, 7) is 1.76. The molecule has 1 N–H and O–H groups in total. The van der Waals surface area contributed by atoms with Gasteiger partial charge in [0.25, 0.3) is 0 Å². The van der Waals surface area contributed by atoms with Crippen LogP contribution in [-0.4, -0.2) is 11.1 Å². The first-order valence-corrected chi connectivity index (χ1v) is 4.38. The number of rotatable bonds is 1. The number of benzene rings is 1. The van der Waals surface area contributed by atoms with Crippen molar-refractivity contribution < 1.29 is 14.3 Å². The third kappa shape index (κ3) is 1.36. The van der Waals surface area contributed by atoms with E-state index >= 15 is 0 Å². The van der Waals surface area contributed by atoms with Gasteiger partial charge in [-0.1, -0.05) is 11.6 Å². The average Bonchev–Trinajstić information content (AvgIpc) is 2.42. The zero-order valence-corrected chi connectivity index (χ0v) is 8.13. The maximum atomic E-state index is 10.9. The quantitative estimate of drug-likeness (QED) is 0.787. The maximum absolute atomic E-state index is 10.9. The molecule has 4 heteroatoms.